The molecule has 0 bridgehead atoms. The molecule has 60 heavy (non-hydrogen) atoms. The summed E-state index contributed by atoms with van der Waals surface area (Å²) in [4.78, 5) is 49.7. The molecular weight excluding hydrogens is 798 g/mol. The van der Waals surface area contributed by atoms with E-state index in [1.165, 1.54) is 13.2 Å². The molecule has 0 aromatic carbocycles. The van der Waals surface area contributed by atoms with E-state index in [1.54, 1.807) is 22.9 Å². The van der Waals surface area contributed by atoms with Crippen molar-refractivity contribution in [1.29, 1.82) is 0 Å². The number of esters is 1. The van der Waals surface area contributed by atoms with Gasteiger partial charge in [0.15, 0.2) is 11.9 Å². The number of pyridine rings is 1. The molecule has 3 saturated heterocycles. The number of ether oxygens (including phenoxy) is 5. The number of unbranched alkanes of at least 4 members (excludes halogenated alkanes) is 1. The van der Waals surface area contributed by atoms with Gasteiger partial charge in [0, 0.05) is 63.3 Å². The molecule has 2 unspecified atom stereocenters. The van der Waals surface area contributed by atoms with Crippen molar-refractivity contribution in [2.24, 2.45) is 11.8 Å². The Morgan fingerprint density at radius 1 is 1.10 bits per heavy atom. The number of aryl methyl sites for hydroxylation is 1. The second kappa shape index (κ2) is 22.2. The van der Waals surface area contributed by atoms with Crippen LogP contribution in [0.5, 0.6) is 0 Å². The topological polar surface area (TPSA) is 180 Å². The number of Topliss-reactive ketones (excluding diaryl/α,β-unsaturated/α-hetero) is 1. The summed E-state index contributed by atoms with van der Waals surface area (Å²) in [6, 6.07) is 4.63. The van der Waals surface area contributed by atoms with E-state index < -0.39 is 65.6 Å². The summed E-state index contributed by atoms with van der Waals surface area (Å²) < 4.78 is 43.2. The van der Waals surface area contributed by atoms with Crippen LogP contribution in [0, 0.1) is 11.8 Å². The van der Waals surface area contributed by atoms with Gasteiger partial charge in [0.05, 0.1) is 35.7 Å². The molecule has 5 heterocycles. The number of rotatable bonds is 11. The second-order valence-corrected chi connectivity index (χ2v) is 17.4. The van der Waals surface area contributed by atoms with Crippen LogP contribution in [0.15, 0.2) is 30.6 Å². The predicted molar refractivity (Wildman–Crippen MR) is 225 cm³/mol. The number of fused-ring (bicyclic) bond motifs is 1. The van der Waals surface area contributed by atoms with E-state index in [4.69, 9.17) is 23.7 Å². The molecule has 0 spiro atoms. The molecule has 18 heteroatoms. The molecule has 12 atom stereocenters. The maximum Gasteiger partial charge on any atom is 0.410 e. The summed E-state index contributed by atoms with van der Waals surface area (Å²) in [6.45, 7) is 14.7. The van der Waals surface area contributed by atoms with Crippen LogP contribution in [0.25, 0.3) is 11.4 Å². The minimum atomic E-state index is -1.22. The van der Waals surface area contributed by atoms with Gasteiger partial charge in [0.1, 0.15) is 29.6 Å². The summed E-state index contributed by atoms with van der Waals surface area (Å²) in [5.41, 5.74) is -0.795. The number of hydrogen-bond donors (Lipinski definition) is 2. The molecule has 2 N–H and O–H groups in total. The Labute approximate surface area is 359 Å². The monoisotopic (exact) mass is 865 g/mol. The molecule has 5 rings (SSSR count). The first-order valence-electron chi connectivity index (χ1n) is 21.1. The third-order valence-corrected chi connectivity index (χ3v) is 12.2. The van der Waals surface area contributed by atoms with Crippen molar-refractivity contribution in [3.8, 4) is 11.4 Å². The number of carbonyl (C=O) groups is 3. The third-order valence-electron chi connectivity index (χ3n) is 12.2. The van der Waals surface area contributed by atoms with Crippen molar-refractivity contribution in [1.82, 2.24) is 35.1 Å². The van der Waals surface area contributed by atoms with E-state index in [2.05, 4.69) is 27.5 Å². The van der Waals surface area contributed by atoms with Crippen molar-refractivity contribution in [2.45, 2.75) is 154 Å². The van der Waals surface area contributed by atoms with E-state index in [9.17, 15) is 23.4 Å². The van der Waals surface area contributed by atoms with Crippen LogP contribution < -0.4 is 5.32 Å². The zero-order chi connectivity index (χ0) is 44.4. The SMILES string of the molecule is CC[C@H]1OC(=O)[C@H](C)C(=O)C[C@@H](O[C@@H]2O[C@H](C)CC(N(C)C)C2O)[C@@](C)(OC)C[C@@H](C)CN[C@H](C)[C@H]2N(CCCCn3cc(-c4ccccn4)nn3)C(=O)O[C@]12C.CSF. The van der Waals surface area contributed by atoms with E-state index in [0.29, 0.717) is 51.0 Å². The second-order valence-electron chi connectivity index (χ2n) is 17.1. The fourth-order valence-electron chi connectivity index (χ4n) is 8.75. The van der Waals surface area contributed by atoms with Crippen LogP contribution in [-0.2, 0) is 39.8 Å². The van der Waals surface area contributed by atoms with Gasteiger partial charge in [0.2, 0.25) is 0 Å². The van der Waals surface area contributed by atoms with Crippen LogP contribution in [0.3, 0.4) is 0 Å². The largest absolute Gasteiger partial charge is 0.458 e. The van der Waals surface area contributed by atoms with Gasteiger partial charge in [-0.1, -0.05) is 25.1 Å². The van der Waals surface area contributed by atoms with E-state index in [-0.39, 0.29) is 42.7 Å². The summed E-state index contributed by atoms with van der Waals surface area (Å²) in [5, 5.41) is 23.5. The summed E-state index contributed by atoms with van der Waals surface area (Å²) in [5.74, 6) is -2.26. The minimum absolute atomic E-state index is 0.00281. The van der Waals surface area contributed by atoms with Crippen molar-refractivity contribution in [3.63, 3.8) is 0 Å². The Morgan fingerprint density at radius 3 is 2.43 bits per heavy atom. The number of methoxy groups -OCH3 is 1. The van der Waals surface area contributed by atoms with Crippen molar-refractivity contribution in [2.75, 3.05) is 40.6 Å². The lowest BCUT2D eigenvalue weighted by Gasteiger charge is -2.45. The van der Waals surface area contributed by atoms with Gasteiger partial charge < -0.3 is 39.0 Å². The first kappa shape index (κ1) is 49.4. The zero-order valence-electron chi connectivity index (χ0n) is 37.2. The van der Waals surface area contributed by atoms with Gasteiger partial charge in [0.25, 0.3) is 0 Å². The average Bonchev–Trinajstić information content (AvgIpc) is 3.79. The van der Waals surface area contributed by atoms with Gasteiger partial charge in [-0.15, -0.1) is 5.10 Å². The van der Waals surface area contributed by atoms with Crippen LogP contribution in [-0.4, -0.2) is 153 Å². The number of likely N-dealkylation sites (N-methyl/N-ethyl adjacent to an activating group) is 1. The third kappa shape index (κ3) is 12.0. The summed E-state index contributed by atoms with van der Waals surface area (Å²) >= 11 is 0.250. The number of aliphatic hydroxyl groups excluding tert-OH is 1. The highest BCUT2D eigenvalue weighted by atomic mass is 32.2. The molecule has 2 aromatic heterocycles. The Morgan fingerprint density at radius 2 is 1.80 bits per heavy atom. The summed E-state index contributed by atoms with van der Waals surface area (Å²) in [6.07, 6.45) is 3.22. The Hall–Kier alpha value is -3.26. The molecule has 0 radical (unpaired) electrons. The highest BCUT2D eigenvalue weighted by Gasteiger charge is 2.58. The van der Waals surface area contributed by atoms with Gasteiger partial charge in [-0.2, -0.15) is 3.89 Å². The van der Waals surface area contributed by atoms with E-state index in [1.807, 2.05) is 78.0 Å². The number of hydrogen-bond acceptors (Lipinski definition) is 15. The lowest BCUT2D eigenvalue weighted by molar-refractivity contribution is -0.289. The maximum atomic E-state index is 14.0. The molecule has 1 amide bonds. The summed E-state index contributed by atoms with van der Waals surface area (Å²) in [7, 11) is 5.38. The fraction of sp³-hybridized carbons (Fsp3) is 0.762. The maximum absolute atomic E-state index is 14.0. The molecule has 0 saturated carbocycles. The minimum Gasteiger partial charge on any atom is -0.458 e. The number of aliphatic hydroxyl groups is 1. The first-order valence-corrected chi connectivity index (χ1v) is 22.2. The van der Waals surface area contributed by atoms with Crippen LogP contribution in [0.1, 0.15) is 87.0 Å². The number of aromatic nitrogens is 4. The molecule has 3 aliphatic heterocycles. The Kier molecular flexibility index (Phi) is 18.3. The number of cyclic esters (lactones) is 1. The van der Waals surface area contributed by atoms with Crippen LogP contribution >= 0.6 is 12.1 Å². The quantitative estimate of drug-likeness (QED) is 0.173. The van der Waals surface area contributed by atoms with Gasteiger partial charge >= 0.3 is 12.1 Å². The van der Waals surface area contributed by atoms with Gasteiger partial charge in [-0.3, -0.25) is 24.2 Å². The fourth-order valence-corrected chi connectivity index (χ4v) is 8.75. The standard InChI is InChI=1S/C41H65N7O9.CH3FS/c1-11-33-41(7)36(48(39(52)57-41)19-15-14-18-47-24-30(44-45-47)29-16-12-13-17-42-29)28(5)43-23-25(2)22-40(6,53-10)34(21-32(49)27(4)37(51)55-33)56-38-35(50)31(46(8)9)20-26(3)54-38;1-3-2/h12-13,16-17,24-28,31,33-36,38,43,50H,11,14-15,18-23H2,1-10H3;1H3/t25-,26-,27-,28-,31?,33-,34-,35?,36-,38+,40+,41-;/m1./s1. The zero-order valence-corrected chi connectivity index (χ0v) is 38.0. The van der Waals surface area contributed by atoms with Crippen molar-refractivity contribution in [3.05, 3.63) is 30.6 Å². The van der Waals surface area contributed by atoms with Crippen molar-refractivity contribution >= 4 is 30.0 Å². The molecule has 0 aliphatic carbocycles. The average molecular weight is 866 g/mol. The van der Waals surface area contributed by atoms with Crippen LogP contribution in [0.2, 0.25) is 0 Å². The molecular formula is C42H68FN7O9S. The molecule has 338 valence electrons. The Balaban J connectivity index is 0.00000257. The van der Waals surface area contributed by atoms with E-state index in [0.717, 1.165) is 12.1 Å². The highest BCUT2D eigenvalue weighted by molar-refractivity contribution is 7.93. The number of carbonyl (C=O) groups excluding carboxylic acids is 3. The molecule has 3 fully saturated rings. The number of ketones is 1. The molecule has 3 aliphatic rings. The number of halogens is 1. The van der Waals surface area contributed by atoms with E-state index >= 15 is 0 Å². The first-order chi connectivity index (χ1) is 28.4. The van der Waals surface area contributed by atoms with Gasteiger partial charge in [-0.25, -0.2) is 4.79 Å². The number of nitrogens with zero attached hydrogens (tertiary/aromatic N) is 6. The highest BCUT2D eigenvalue weighted by Crippen LogP contribution is 2.39. The molecule has 16 nitrogen and oxygen atoms in total. The smallest absolute Gasteiger partial charge is 0.410 e. The molecule has 2 aromatic rings. The lowest BCUT2D eigenvalue weighted by atomic mass is 9.83. The predicted octanol–water partition coefficient (Wildman–Crippen LogP) is 5.09. The number of nitrogens with one attached hydrogen (secondary N) is 1. The van der Waals surface area contributed by atoms with Gasteiger partial charge in [-0.05, 0) is 105 Å². The Bertz CT molecular complexity index is 1680. The van der Waals surface area contributed by atoms with Crippen LogP contribution in [0.4, 0.5) is 8.68 Å². The normalized spacial score (nSPS) is 34.5. The lowest BCUT2D eigenvalue weighted by Crippen LogP contribution is -2.61. The van der Waals surface area contributed by atoms with Crippen molar-refractivity contribution < 1.29 is 47.1 Å². The number of amides is 1.